The van der Waals surface area contributed by atoms with Gasteiger partial charge in [-0.15, -0.1) is 0 Å². The Balaban J connectivity index is 1.77. The van der Waals surface area contributed by atoms with Crippen LogP contribution in [0.15, 0.2) is 0 Å². The van der Waals surface area contributed by atoms with Crippen LogP contribution in [-0.4, -0.2) is 80.4 Å². The highest BCUT2D eigenvalue weighted by Gasteiger charge is 2.18. The van der Waals surface area contributed by atoms with Gasteiger partial charge in [0.25, 0.3) is 0 Å². The summed E-state index contributed by atoms with van der Waals surface area (Å²) in [5.74, 6) is 0.453. The Kier molecular flexibility index (Phi) is 4.55. The third-order valence-corrected chi connectivity index (χ3v) is 3.22. The van der Waals surface area contributed by atoms with Crippen molar-refractivity contribution in [2.24, 2.45) is 0 Å². The number of hydrogen-bond donors (Lipinski definition) is 4. The zero-order valence-corrected chi connectivity index (χ0v) is 10.5. The average Bonchev–Trinajstić information content (AvgIpc) is 2.40. The van der Waals surface area contributed by atoms with Crippen LogP contribution in [0.5, 0.6) is 0 Å². The van der Waals surface area contributed by atoms with Crippen LogP contribution in [0.4, 0.5) is 0 Å². The van der Waals surface area contributed by atoms with E-state index < -0.39 is 0 Å². The standard InChI is InChI=1S/C10H23N7/c1-15(17-8-4-13-5-9-17)10(11)14-16-6-2-12-3-7-16/h12-13H,2-9H2,1H3,(H2,11,14). The summed E-state index contributed by atoms with van der Waals surface area (Å²) in [7, 11) is 1.95. The maximum absolute atomic E-state index is 8.06. The first-order valence-corrected chi connectivity index (χ1v) is 6.27. The molecular weight excluding hydrogens is 218 g/mol. The minimum absolute atomic E-state index is 0.453. The minimum atomic E-state index is 0.453. The van der Waals surface area contributed by atoms with Gasteiger partial charge in [0.1, 0.15) is 0 Å². The van der Waals surface area contributed by atoms with Gasteiger partial charge in [0, 0.05) is 59.4 Å². The topological polar surface area (TPSA) is 69.7 Å². The number of nitrogens with zero attached hydrogens (tertiary/aromatic N) is 3. The van der Waals surface area contributed by atoms with Crippen molar-refractivity contribution in [1.29, 1.82) is 5.41 Å². The second-order valence-corrected chi connectivity index (χ2v) is 4.42. The smallest absolute Gasteiger partial charge is 0.220 e. The number of rotatable bonds is 2. The molecule has 7 nitrogen and oxygen atoms in total. The lowest BCUT2D eigenvalue weighted by Crippen LogP contribution is -2.60. The molecule has 0 amide bonds. The summed E-state index contributed by atoms with van der Waals surface area (Å²) in [6.07, 6.45) is 0. The molecule has 0 aromatic rings. The molecule has 7 heteroatoms. The van der Waals surface area contributed by atoms with Gasteiger partial charge in [-0.3, -0.25) is 15.8 Å². The molecule has 98 valence electrons. The van der Waals surface area contributed by atoms with Crippen LogP contribution >= 0.6 is 0 Å². The molecule has 2 rings (SSSR count). The summed E-state index contributed by atoms with van der Waals surface area (Å²) >= 11 is 0. The second kappa shape index (κ2) is 6.15. The summed E-state index contributed by atoms with van der Waals surface area (Å²) in [6, 6.07) is 0. The number of piperazine rings is 2. The van der Waals surface area contributed by atoms with Crippen LogP contribution in [0.3, 0.4) is 0 Å². The summed E-state index contributed by atoms with van der Waals surface area (Å²) in [4.78, 5) is 0. The van der Waals surface area contributed by atoms with Gasteiger partial charge < -0.3 is 10.6 Å². The van der Waals surface area contributed by atoms with E-state index in [4.69, 9.17) is 5.41 Å². The average molecular weight is 241 g/mol. The Morgan fingerprint density at radius 2 is 1.59 bits per heavy atom. The van der Waals surface area contributed by atoms with Crippen molar-refractivity contribution in [1.82, 2.24) is 31.1 Å². The van der Waals surface area contributed by atoms with Gasteiger partial charge in [-0.2, -0.15) is 0 Å². The van der Waals surface area contributed by atoms with E-state index >= 15 is 0 Å². The first-order chi connectivity index (χ1) is 8.27. The molecule has 0 bridgehead atoms. The predicted octanol–water partition coefficient (Wildman–Crippen LogP) is -1.92. The monoisotopic (exact) mass is 241 g/mol. The van der Waals surface area contributed by atoms with Gasteiger partial charge in [-0.05, 0) is 0 Å². The molecule has 0 aromatic heterocycles. The lowest BCUT2D eigenvalue weighted by Gasteiger charge is -2.38. The molecule has 4 N–H and O–H groups in total. The van der Waals surface area contributed by atoms with Crippen LogP contribution in [0, 0.1) is 5.41 Å². The van der Waals surface area contributed by atoms with E-state index in [1.54, 1.807) is 0 Å². The maximum Gasteiger partial charge on any atom is 0.220 e. The van der Waals surface area contributed by atoms with Gasteiger partial charge >= 0.3 is 0 Å². The summed E-state index contributed by atoms with van der Waals surface area (Å²) in [5, 5.41) is 20.9. The molecule has 2 fully saturated rings. The summed E-state index contributed by atoms with van der Waals surface area (Å²) < 4.78 is 0. The molecule has 2 saturated heterocycles. The number of hydrogen-bond acceptors (Lipinski definition) is 5. The van der Waals surface area contributed by atoms with E-state index in [9.17, 15) is 0 Å². The van der Waals surface area contributed by atoms with E-state index in [0.717, 1.165) is 52.4 Å². The normalized spacial score (nSPS) is 23.4. The zero-order valence-electron chi connectivity index (χ0n) is 10.5. The molecule has 0 saturated carbocycles. The summed E-state index contributed by atoms with van der Waals surface area (Å²) in [5.41, 5.74) is 3.16. The molecule has 0 radical (unpaired) electrons. The van der Waals surface area contributed by atoms with Gasteiger partial charge in [0.15, 0.2) is 0 Å². The highest BCUT2D eigenvalue weighted by Crippen LogP contribution is 1.98. The highest BCUT2D eigenvalue weighted by atomic mass is 15.7. The molecule has 17 heavy (non-hydrogen) atoms. The Morgan fingerprint density at radius 1 is 1.06 bits per heavy atom. The fourth-order valence-electron chi connectivity index (χ4n) is 2.09. The molecule has 0 unspecified atom stereocenters. The quantitative estimate of drug-likeness (QED) is 0.334. The predicted molar refractivity (Wildman–Crippen MR) is 67.5 cm³/mol. The zero-order chi connectivity index (χ0) is 12.1. The van der Waals surface area contributed by atoms with Crippen LogP contribution in [0.25, 0.3) is 0 Å². The summed E-state index contributed by atoms with van der Waals surface area (Å²) in [6.45, 7) is 7.76. The second-order valence-electron chi connectivity index (χ2n) is 4.42. The van der Waals surface area contributed by atoms with Crippen LogP contribution in [-0.2, 0) is 0 Å². The van der Waals surface area contributed by atoms with Crippen molar-refractivity contribution in [2.75, 3.05) is 59.4 Å². The third kappa shape index (κ3) is 3.53. The molecule has 2 aliphatic rings. The Morgan fingerprint density at radius 3 is 2.18 bits per heavy atom. The molecule has 0 aromatic carbocycles. The fourth-order valence-corrected chi connectivity index (χ4v) is 2.09. The van der Waals surface area contributed by atoms with Crippen molar-refractivity contribution in [3.8, 4) is 0 Å². The lowest BCUT2D eigenvalue weighted by molar-refractivity contribution is 0.0427. The fraction of sp³-hybridized carbons (Fsp3) is 0.900. The van der Waals surface area contributed by atoms with E-state index in [2.05, 4.69) is 26.1 Å². The largest absolute Gasteiger partial charge is 0.314 e. The molecule has 2 heterocycles. The first-order valence-electron chi connectivity index (χ1n) is 6.27. The van der Waals surface area contributed by atoms with Gasteiger partial charge in [0.05, 0.1) is 0 Å². The Bertz CT molecular complexity index is 245. The van der Waals surface area contributed by atoms with E-state index in [0.29, 0.717) is 5.96 Å². The van der Waals surface area contributed by atoms with E-state index in [1.165, 1.54) is 0 Å². The number of guanidine groups is 1. The van der Waals surface area contributed by atoms with E-state index in [-0.39, 0.29) is 0 Å². The molecular formula is C10H23N7. The molecule has 0 spiro atoms. The molecule has 2 aliphatic heterocycles. The Hall–Kier alpha value is -0.890. The molecule has 0 aliphatic carbocycles. The van der Waals surface area contributed by atoms with Crippen molar-refractivity contribution >= 4 is 5.96 Å². The highest BCUT2D eigenvalue weighted by molar-refractivity contribution is 5.75. The van der Waals surface area contributed by atoms with Crippen molar-refractivity contribution in [2.45, 2.75) is 0 Å². The van der Waals surface area contributed by atoms with Crippen molar-refractivity contribution in [3.05, 3.63) is 0 Å². The number of hydrazine groups is 2. The van der Waals surface area contributed by atoms with Crippen LogP contribution in [0.2, 0.25) is 0 Å². The van der Waals surface area contributed by atoms with Gasteiger partial charge in [-0.25, -0.2) is 10.0 Å². The third-order valence-electron chi connectivity index (χ3n) is 3.22. The SMILES string of the molecule is CN(C(=N)NN1CCNCC1)N1CCNCC1. The maximum atomic E-state index is 8.06. The van der Waals surface area contributed by atoms with Crippen molar-refractivity contribution < 1.29 is 0 Å². The minimum Gasteiger partial charge on any atom is -0.314 e. The lowest BCUT2D eigenvalue weighted by atomic mass is 10.4. The van der Waals surface area contributed by atoms with E-state index in [1.807, 2.05) is 12.1 Å². The van der Waals surface area contributed by atoms with Gasteiger partial charge in [0.2, 0.25) is 5.96 Å². The van der Waals surface area contributed by atoms with Crippen molar-refractivity contribution in [3.63, 3.8) is 0 Å². The number of nitrogens with one attached hydrogen (secondary N) is 4. The first kappa shape index (κ1) is 12.6. The Labute approximate surface area is 103 Å². The van der Waals surface area contributed by atoms with Crippen LogP contribution in [0.1, 0.15) is 0 Å². The molecule has 0 atom stereocenters. The van der Waals surface area contributed by atoms with Gasteiger partial charge in [-0.1, -0.05) is 0 Å². The van der Waals surface area contributed by atoms with Crippen LogP contribution < -0.4 is 16.1 Å².